The molecule has 1 aromatic rings. The van der Waals surface area contributed by atoms with E-state index in [-0.39, 0.29) is 18.2 Å². The molecule has 0 heterocycles. The van der Waals surface area contributed by atoms with Crippen LogP contribution in [0, 0.1) is 5.92 Å². The molecule has 4 heteroatoms. The van der Waals surface area contributed by atoms with Crippen molar-refractivity contribution in [3.05, 3.63) is 35.9 Å². The molecule has 0 aliphatic heterocycles. The number of rotatable bonds is 6. The summed E-state index contributed by atoms with van der Waals surface area (Å²) in [6, 6.07) is 8.59. The molecule has 1 amide bonds. The highest BCUT2D eigenvalue weighted by molar-refractivity contribution is 5.84. The van der Waals surface area contributed by atoms with Gasteiger partial charge in [-0.2, -0.15) is 0 Å². The number of carbonyl (C=O) groups is 2. The highest BCUT2D eigenvalue weighted by atomic mass is 16.4. The Kier molecular flexibility index (Phi) is 5.55. The molecule has 19 heavy (non-hydrogen) atoms. The number of aliphatic carboxylic acids is 1. The van der Waals surface area contributed by atoms with Crippen molar-refractivity contribution < 1.29 is 14.7 Å². The van der Waals surface area contributed by atoms with Gasteiger partial charge in [-0.25, -0.2) is 4.79 Å². The first-order valence-corrected chi connectivity index (χ1v) is 6.49. The molecule has 0 aromatic heterocycles. The maximum atomic E-state index is 12.1. The van der Waals surface area contributed by atoms with E-state index in [4.69, 9.17) is 0 Å². The highest BCUT2D eigenvalue weighted by Crippen LogP contribution is 2.15. The number of nitrogens with zero attached hydrogens (tertiary/aromatic N) is 1. The van der Waals surface area contributed by atoms with Crippen LogP contribution in [0.25, 0.3) is 0 Å². The summed E-state index contributed by atoms with van der Waals surface area (Å²) in [4.78, 5) is 24.8. The maximum Gasteiger partial charge on any atom is 0.326 e. The molecule has 0 saturated carbocycles. The van der Waals surface area contributed by atoms with E-state index >= 15 is 0 Å². The van der Waals surface area contributed by atoms with Crippen LogP contribution in [0.1, 0.15) is 25.8 Å². The van der Waals surface area contributed by atoms with Crippen LogP contribution in [0.4, 0.5) is 0 Å². The van der Waals surface area contributed by atoms with Gasteiger partial charge in [0.15, 0.2) is 0 Å². The van der Waals surface area contributed by atoms with E-state index in [0.29, 0.717) is 0 Å². The summed E-state index contributed by atoms with van der Waals surface area (Å²) in [7, 11) is 1.57. The van der Waals surface area contributed by atoms with E-state index in [9.17, 15) is 14.7 Å². The fourth-order valence-corrected chi connectivity index (χ4v) is 2.06. The molecule has 2 atom stereocenters. The van der Waals surface area contributed by atoms with Crippen molar-refractivity contribution in [2.24, 2.45) is 5.92 Å². The Bertz CT molecular complexity index is 430. The molecule has 0 saturated heterocycles. The van der Waals surface area contributed by atoms with Crippen molar-refractivity contribution in [1.82, 2.24) is 4.90 Å². The van der Waals surface area contributed by atoms with Gasteiger partial charge >= 0.3 is 5.97 Å². The quantitative estimate of drug-likeness (QED) is 0.856. The average molecular weight is 263 g/mol. The summed E-state index contributed by atoms with van der Waals surface area (Å²) in [5, 5.41) is 9.27. The third-order valence-electron chi connectivity index (χ3n) is 3.44. The van der Waals surface area contributed by atoms with Crippen molar-refractivity contribution in [2.45, 2.75) is 32.7 Å². The Labute approximate surface area is 114 Å². The van der Waals surface area contributed by atoms with Gasteiger partial charge in [-0.05, 0) is 11.5 Å². The highest BCUT2D eigenvalue weighted by Gasteiger charge is 2.30. The molecular formula is C15H21NO3. The number of likely N-dealkylation sites (N-methyl/N-ethyl adjacent to an activating group) is 1. The van der Waals surface area contributed by atoms with E-state index in [1.54, 1.807) is 7.05 Å². The molecular weight excluding hydrogens is 242 g/mol. The lowest BCUT2D eigenvalue weighted by Gasteiger charge is -2.29. The summed E-state index contributed by atoms with van der Waals surface area (Å²) >= 11 is 0. The minimum absolute atomic E-state index is 0.0674. The van der Waals surface area contributed by atoms with E-state index in [0.717, 1.165) is 12.0 Å². The summed E-state index contributed by atoms with van der Waals surface area (Å²) < 4.78 is 0. The van der Waals surface area contributed by atoms with Crippen LogP contribution in [0.3, 0.4) is 0 Å². The Hall–Kier alpha value is -1.84. The van der Waals surface area contributed by atoms with Crippen LogP contribution in [0.15, 0.2) is 30.3 Å². The second-order valence-electron chi connectivity index (χ2n) is 4.84. The molecule has 1 N–H and O–H groups in total. The Morgan fingerprint density at radius 1 is 1.26 bits per heavy atom. The van der Waals surface area contributed by atoms with Crippen LogP contribution in [-0.2, 0) is 16.0 Å². The molecule has 0 bridgehead atoms. The second-order valence-corrected chi connectivity index (χ2v) is 4.84. The fourth-order valence-electron chi connectivity index (χ4n) is 2.06. The third-order valence-corrected chi connectivity index (χ3v) is 3.44. The van der Waals surface area contributed by atoms with E-state index in [2.05, 4.69) is 0 Å². The van der Waals surface area contributed by atoms with Gasteiger partial charge in [-0.15, -0.1) is 0 Å². The SMILES string of the molecule is CCC(C)C(C(=O)O)N(C)C(=O)Cc1ccccc1. The molecule has 2 unspecified atom stereocenters. The zero-order valence-electron chi connectivity index (χ0n) is 11.7. The maximum absolute atomic E-state index is 12.1. The number of carboxylic acid groups (broad SMARTS) is 1. The zero-order chi connectivity index (χ0) is 14.4. The largest absolute Gasteiger partial charge is 0.480 e. The fraction of sp³-hybridized carbons (Fsp3) is 0.467. The molecule has 0 radical (unpaired) electrons. The van der Waals surface area contributed by atoms with Crippen LogP contribution in [0.2, 0.25) is 0 Å². The lowest BCUT2D eigenvalue weighted by molar-refractivity contribution is -0.151. The van der Waals surface area contributed by atoms with Gasteiger partial charge in [-0.3, -0.25) is 4.79 Å². The van der Waals surface area contributed by atoms with Gasteiger partial charge in [0, 0.05) is 7.05 Å². The zero-order valence-corrected chi connectivity index (χ0v) is 11.7. The standard InChI is InChI=1S/C15H21NO3/c1-4-11(2)14(15(18)19)16(3)13(17)10-12-8-6-5-7-9-12/h5-9,11,14H,4,10H2,1-3H3,(H,18,19). The van der Waals surface area contributed by atoms with Gasteiger partial charge in [-0.1, -0.05) is 50.6 Å². The van der Waals surface area contributed by atoms with Gasteiger partial charge in [0.05, 0.1) is 6.42 Å². The minimum atomic E-state index is -0.946. The van der Waals surface area contributed by atoms with E-state index < -0.39 is 12.0 Å². The first-order valence-electron chi connectivity index (χ1n) is 6.49. The molecule has 0 aliphatic rings. The van der Waals surface area contributed by atoms with Crippen LogP contribution < -0.4 is 0 Å². The summed E-state index contributed by atoms with van der Waals surface area (Å²) in [5.74, 6) is -1.18. The number of amides is 1. The third kappa shape index (κ3) is 4.09. The Balaban J connectivity index is 2.77. The van der Waals surface area contributed by atoms with Gasteiger partial charge in [0.1, 0.15) is 6.04 Å². The molecule has 1 aromatic carbocycles. The molecule has 1 rings (SSSR count). The molecule has 0 fully saturated rings. The smallest absolute Gasteiger partial charge is 0.326 e. The van der Waals surface area contributed by atoms with Crippen molar-refractivity contribution in [3.8, 4) is 0 Å². The summed E-state index contributed by atoms with van der Waals surface area (Å²) in [6.07, 6.45) is 0.956. The predicted molar refractivity (Wildman–Crippen MR) is 73.8 cm³/mol. The first-order chi connectivity index (χ1) is 8.97. The van der Waals surface area contributed by atoms with Crippen LogP contribution in [0.5, 0.6) is 0 Å². The molecule has 4 nitrogen and oxygen atoms in total. The van der Waals surface area contributed by atoms with E-state index in [1.165, 1.54) is 4.90 Å². The lowest BCUT2D eigenvalue weighted by atomic mass is 9.97. The van der Waals surface area contributed by atoms with Crippen molar-refractivity contribution in [1.29, 1.82) is 0 Å². The molecule has 0 spiro atoms. The van der Waals surface area contributed by atoms with Crippen molar-refractivity contribution >= 4 is 11.9 Å². The molecule has 104 valence electrons. The number of carbonyl (C=O) groups excluding carboxylic acids is 1. The number of carboxylic acids is 1. The Morgan fingerprint density at radius 3 is 2.32 bits per heavy atom. The average Bonchev–Trinajstić information content (AvgIpc) is 2.39. The Morgan fingerprint density at radius 2 is 1.84 bits per heavy atom. The van der Waals surface area contributed by atoms with Crippen LogP contribution >= 0.6 is 0 Å². The monoisotopic (exact) mass is 263 g/mol. The topological polar surface area (TPSA) is 57.6 Å². The van der Waals surface area contributed by atoms with Gasteiger partial charge in [0.2, 0.25) is 5.91 Å². The predicted octanol–water partition coefficient (Wildman–Crippen LogP) is 2.19. The van der Waals surface area contributed by atoms with Crippen LogP contribution in [-0.4, -0.2) is 35.0 Å². The van der Waals surface area contributed by atoms with Crippen molar-refractivity contribution in [2.75, 3.05) is 7.05 Å². The number of hydrogen-bond donors (Lipinski definition) is 1. The number of benzene rings is 1. The normalized spacial score (nSPS) is 13.6. The first kappa shape index (κ1) is 15.2. The summed E-state index contributed by atoms with van der Waals surface area (Å²) in [5.41, 5.74) is 0.896. The summed E-state index contributed by atoms with van der Waals surface area (Å²) in [6.45, 7) is 3.78. The number of hydrogen-bond acceptors (Lipinski definition) is 2. The van der Waals surface area contributed by atoms with Gasteiger partial charge in [0.25, 0.3) is 0 Å². The lowest BCUT2D eigenvalue weighted by Crippen LogP contribution is -2.46. The molecule has 0 aliphatic carbocycles. The van der Waals surface area contributed by atoms with Crippen molar-refractivity contribution in [3.63, 3.8) is 0 Å². The minimum Gasteiger partial charge on any atom is -0.480 e. The van der Waals surface area contributed by atoms with Gasteiger partial charge < -0.3 is 10.0 Å². The second kappa shape index (κ2) is 6.92. The van der Waals surface area contributed by atoms with E-state index in [1.807, 2.05) is 44.2 Å².